The van der Waals surface area contributed by atoms with E-state index in [-0.39, 0.29) is 18.1 Å². The number of amides is 2. The summed E-state index contributed by atoms with van der Waals surface area (Å²) in [7, 11) is 0. The second-order valence-corrected chi connectivity index (χ2v) is 6.43. The summed E-state index contributed by atoms with van der Waals surface area (Å²) in [6.07, 6.45) is 6.48. The zero-order valence-corrected chi connectivity index (χ0v) is 12.8. The van der Waals surface area contributed by atoms with E-state index in [4.69, 9.17) is 4.52 Å². The molecule has 0 radical (unpaired) electrons. The monoisotopic (exact) mass is 292 g/mol. The molecule has 1 saturated carbocycles. The van der Waals surface area contributed by atoms with Crippen LogP contribution in [0.3, 0.4) is 0 Å². The number of aromatic nitrogens is 2. The minimum atomic E-state index is -0.0775. The van der Waals surface area contributed by atoms with Gasteiger partial charge < -0.3 is 14.7 Å². The van der Waals surface area contributed by atoms with Gasteiger partial charge in [-0.1, -0.05) is 18.0 Å². The van der Waals surface area contributed by atoms with Crippen molar-refractivity contribution in [1.82, 2.24) is 20.4 Å². The smallest absolute Gasteiger partial charge is 0.318 e. The Hall–Kier alpha value is -1.59. The second-order valence-electron chi connectivity index (χ2n) is 6.43. The van der Waals surface area contributed by atoms with Crippen molar-refractivity contribution in [3.8, 4) is 0 Å². The maximum absolute atomic E-state index is 12.4. The van der Waals surface area contributed by atoms with Gasteiger partial charge in [0.15, 0.2) is 5.82 Å². The molecule has 0 aromatic carbocycles. The number of nitrogens with one attached hydrogen (secondary N) is 1. The first kappa shape index (κ1) is 14.4. The fourth-order valence-corrected chi connectivity index (χ4v) is 2.83. The summed E-state index contributed by atoms with van der Waals surface area (Å²) in [6.45, 7) is 4.70. The van der Waals surface area contributed by atoms with Gasteiger partial charge in [-0.15, -0.1) is 0 Å². The lowest BCUT2D eigenvalue weighted by Crippen LogP contribution is -2.44. The van der Waals surface area contributed by atoms with Crippen LogP contribution in [0.1, 0.15) is 76.0 Å². The number of hydrogen-bond donors (Lipinski definition) is 1. The van der Waals surface area contributed by atoms with E-state index in [1.165, 1.54) is 0 Å². The maximum Gasteiger partial charge on any atom is 0.318 e. The molecule has 2 fully saturated rings. The highest BCUT2D eigenvalue weighted by Crippen LogP contribution is 2.39. The molecule has 1 aliphatic carbocycles. The minimum Gasteiger partial charge on any atom is -0.337 e. The third kappa shape index (κ3) is 3.36. The van der Waals surface area contributed by atoms with Crippen LogP contribution in [0.15, 0.2) is 4.52 Å². The molecule has 0 bridgehead atoms. The van der Waals surface area contributed by atoms with Crippen molar-refractivity contribution in [3.05, 3.63) is 11.7 Å². The lowest BCUT2D eigenvalue weighted by atomic mass is 10.1. The van der Waals surface area contributed by atoms with Gasteiger partial charge in [0.05, 0.1) is 0 Å². The van der Waals surface area contributed by atoms with Crippen molar-refractivity contribution in [1.29, 1.82) is 0 Å². The molecule has 1 N–H and O–H groups in total. The average molecular weight is 292 g/mol. The molecule has 6 nitrogen and oxygen atoms in total. The molecule has 2 heterocycles. The van der Waals surface area contributed by atoms with Gasteiger partial charge in [0.25, 0.3) is 0 Å². The molecule has 1 saturated heterocycles. The molecular weight excluding hydrogens is 268 g/mol. The predicted octanol–water partition coefficient (Wildman–Crippen LogP) is 2.98. The zero-order chi connectivity index (χ0) is 14.8. The van der Waals surface area contributed by atoms with Crippen LogP contribution in [0.2, 0.25) is 0 Å². The van der Waals surface area contributed by atoms with Crippen molar-refractivity contribution in [2.24, 2.45) is 0 Å². The summed E-state index contributed by atoms with van der Waals surface area (Å²) in [4.78, 5) is 18.8. The fourth-order valence-electron chi connectivity index (χ4n) is 2.83. The van der Waals surface area contributed by atoms with Gasteiger partial charge in [0.2, 0.25) is 5.89 Å². The molecule has 21 heavy (non-hydrogen) atoms. The largest absolute Gasteiger partial charge is 0.337 e. The van der Waals surface area contributed by atoms with Gasteiger partial charge >= 0.3 is 6.03 Å². The molecule has 1 unspecified atom stereocenters. The third-order valence-corrected chi connectivity index (χ3v) is 4.11. The van der Waals surface area contributed by atoms with E-state index < -0.39 is 0 Å². The highest BCUT2D eigenvalue weighted by Gasteiger charge is 2.34. The van der Waals surface area contributed by atoms with Crippen LogP contribution in [0.25, 0.3) is 0 Å². The zero-order valence-electron chi connectivity index (χ0n) is 12.8. The van der Waals surface area contributed by atoms with Crippen LogP contribution in [0, 0.1) is 0 Å². The van der Waals surface area contributed by atoms with E-state index in [1.807, 2.05) is 18.7 Å². The summed E-state index contributed by atoms with van der Waals surface area (Å²) in [5.41, 5.74) is 0. The molecule has 1 aromatic heterocycles. The molecule has 2 aliphatic rings. The number of hydrogen-bond acceptors (Lipinski definition) is 4. The van der Waals surface area contributed by atoms with E-state index in [9.17, 15) is 4.79 Å². The topological polar surface area (TPSA) is 71.3 Å². The molecular formula is C15H24N4O2. The van der Waals surface area contributed by atoms with Crippen LogP contribution in [0.5, 0.6) is 0 Å². The normalized spacial score (nSPS) is 23.2. The predicted molar refractivity (Wildman–Crippen MR) is 77.9 cm³/mol. The van der Waals surface area contributed by atoms with Crippen molar-refractivity contribution >= 4 is 6.03 Å². The number of urea groups is 1. The number of rotatable bonds is 3. The van der Waals surface area contributed by atoms with E-state index in [2.05, 4.69) is 15.5 Å². The van der Waals surface area contributed by atoms with Crippen LogP contribution in [0.4, 0.5) is 4.79 Å². The standard InChI is InChI=1S/C15H24N4O2/c1-10(2)16-15(20)19-9-5-3-4-6-12(19)14-17-13(18-21-14)11-7-8-11/h10-12H,3-9H2,1-2H3,(H,16,20). The van der Waals surface area contributed by atoms with Crippen molar-refractivity contribution in [2.45, 2.75) is 70.4 Å². The Kier molecular flexibility index (Phi) is 4.12. The Labute approximate surface area is 125 Å². The Morgan fingerprint density at radius 1 is 1.29 bits per heavy atom. The van der Waals surface area contributed by atoms with Gasteiger partial charge in [-0.05, 0) is 39.5 Å². The Bertz CT molecular complexity index is 496. The molecule has 1 aromatic rings. The summed E-state index contributed by atoms with van der Waals surface area (Å²) < 4.78 is 5.46. The van der Waals surface area contributed by atoms with E-state index >= 15 is 0 Å². The molecule has 1 aliphatic heterocycles. The van der Waals surface area contributed by atoms with Gasteiger partial charge in [-0.2, -0.15) is 4.98 Å². The summed E-state index contributed by atoms with van der Waals surface area (Å²) in [6, 6.07) is 0.0282. The second kappa shape index (κ2) is 6.03. The molecule has 2 amide bonds. The van der Waals surface area contributed by atoms with E-state index in [1.54, 1.807) is 0 Å². The quantitative estimate of drug-likeness (QED) is 0.929. The highest BCUT2D eigenvalue weighted by molar-refractivity contribution is 5.74. The summed E-state index contributed by atoms with van der Waals surface area (Å²) in [5.74, 6) is 1.90. The molecule has 1 atom stereocenters. The van der Waals surface area contributed by atoms with Gasteiger partial charge in [-0.3, -0.25) is 0 Å². The van der Waals surface area contributed by atoms with Gasteiger partial charge in [0.1, 0.15) is 6.04 Å². The van der Waals surface area contributed by atoms with E-state index in [0.717, 1.165) is 50.9 Å². The number of carbonyl (C=O) groups excluding carboxylic acids is 1. The number of carbonyl (C=O) groups is 1. The van der Waals surface area contributed by atoms with Crippen LogP contribution in [-0.2, 0) is 0 Å². The molecule has 0 spiro atoms. The van der Waals surface area contributed by atoms with Crippen molar-refractivity contribution in [2.75, 3.05) is 6.54 Å². The SMILES string of the molecule is CC(C)NC(=O)N1CCCCCC1c1nc(C2CC2)no1. The van der Waals surface area contributed by atoms with Crippen molar-refractivity contribution < 1.29 is 9.32 Å². The third-order valence-electron chi connectivity index (χ3n) is 4.11. The lowest BCUT2D eigenvalue weighted by Gasteiger charge is -2.28. The Morgan fingerprint density at radius 2 is 2.10 bits per heavy atom. The van der Waals surface area contributed by atoms with Crippen LogP contribution in [-0.4, -0.2) is 33.7 Å². The highest BCUT2D eigenvalue weighted by atomic mass is 16.5. The Balaban J connectivity index is 1.78. The first-order valence-corrected chi connectivity index (χ1v) is 8.06. The fraction of sp³-hybridized carbons (Fsp3) is 0.800. The minimum absolute atomic E-state index is 0.0249. The molecule has 116 valence electrons. The molecule has 3 rings (SSSR count). The summed E-state index contributed by atoms with van der Waals surface area (Å²) in [5, 5.41) is 7.07. The van der Waals surface area contributed by atoms with Gasteiger partial charge in [-0.25, -0.2) is 4.79 Å². The lowest BCUT2D eigenvalue weighted by molar-refractivity contribution is 0.157. The first-order chi connectivity index (χ1) is 10.1. The van der Waals surface area contributed by atoms with Crippen LogP contribution < -0.4 is 5.32 Å². The van der Waals surface area contributed by atoms with Crippen molar-refractivity contribution in [3.63, 3.8) is 0 Å². The number of nitrogens with zero attached hydrogens (tertiary/aromatic N) is 3. The van der Waals surface area contributed by atoms with E-state index in [0.29, 0.717) is 11.8 Å². The summed E-state index contributed by atoms with van der Waals surface area (Å²) >= 11 is 0. The maximum atomic E-state index is 12.4. The Morgan fingerprint density at radius 3 is 2.81 bits per heavy atom. The first-order valence-electron chi connectivity index (χ1n) is 8.06. The average Bonchev–Trinajstić information content (AvgIpc) is 3.21. The number of likely N-dealkylation sites (tertiary alicyclic amines) is 1. The van der Waals surface area contributed by atoms with Gasteiger partial charge in [0, 0.05) is 18.5 Å². The van der Waals surface area contributed by atoms with Crippen LogP contribution >= 0.6 is 0 Å². The molecule has 6 heteroatoms.